The van der Waals surface area contributed by atoms with E-state index in [0.29, 0.717) is 12.0 Å². The predicted octanol–water partition coefficient (Wildman–Crippen LogP) is 3.96. The van der Waals surface area contributed by atoms with Gasteiger partial charge in [-0.05, 0) is 55.7 Å². The molecule has 3 heteroatoms. The lowest BCUT2D eigenvalue weighted by atomic mass is 9.91. The number of hydrogen-bond donors (Lipinski definition) is 1. The smallest absolute Gasteiger partial charge is 0.137 e. The van der Waals surface area contributed by atoms with Crippen molar-refractivity contribution in [1.82, 2.24) is 10.3 Å². The molecule has 0 aliphatic heterocycles. The molecule has 1 aromatic rings. The number of rotatable bonds is 9. The number of nitrogens with zero attached hydrogens (tertiary/aromatic N) is 1. The zero-order valence-corrected chi connectivity index (χ0v) is 13.1. The van der Waals surface area contributed by atoms with Crippen molar-refractivity contribution in [3.05, 3.63) is 24.0 Å². The maximum absolute atomic E-state index is 5.72. The molecule has 1 saturated carbocycles. The molecule has 2 rings (SSSR count). The van der Waals surface area contributed by atoms with Gasteiger partial charge in [0.05, 0.1) is 12.8 Å². The Kier molecular flexibility index (Phi) is 5.84. The topological polar surface area (TPSA) is 34.2 Å². The largest absolute Gasteiger partial charge is 0.492 e. The molecule has 0 aromatic carbocycles. The van der Waals surface area contributed by atoms with Crippen molar-refractivity contribution in [2.45, 2.75) is 52.5 Å². The zero-order chi connectivity index (χ0) is 14.4. The van der Waals surface area contributed by atoms with Gasteiger partial charge in [0.15, 0.2) is 0 Å². The van der Waals surface area contributed by atoms with E-state index in [0.717, 1.165) is 37.7 Å². The van der Waals surface area contributed by atoms with Crippen molar-refractivity contribution in [3.8, 4) is 5.75 Å². The van der Waals surface area contributed by atoms with Crippen molar-refractivity contribution in [2.24, 2.45) is 11.8 Å². The van der Waals surface area contributed by atoms with E-state index in [1.807, 2.05) is 12.4 Å². The number of ether oxygens (including phenoxy) is 1. The van der Waals surface area contributed by atoms with Gasteiger partial charge in [-0.2, -0.15) is 0 Å². The van der Waals surface area contributed by atoms with E-state index in [4.69, 9.17) is 4.74 Å². The third-order valence-corrected chi connectivity index (χ3v) is 4.07. The van der Waals surface area contributed by atoms with Gasteiger partial charge in [0, 0.05) is 12.2 Å². The Hall–Kier alpha value is -1.09. The molecule has 3 nitrogen and oxygen atoms in total. The summed E-state index contributed by atoms with van der Waals surface area (Å²) in [6.45, 7) is 8.52. The molecular formula is C17H28N2O. The highest BCUT2D eigenvalue weighted by Gasteiger charge is 2.33. The van der Waals surface area contributed by atoms with Crippen LogP contribution in [0.3, 0.4) is 0 Å². The van der Waals surface area contributed by atoms with E-state index in [1.54, 1.807) is 0 Å². The molecule has 1 N–H and O–H groups in total. The van der Waals surface area contributed by atoms with Crippen LogP contribution >= 0.6 is 0 Å². The Balaban J connectivity index is 2.09. The average Bonchev–Trinajstić information content (AvgIpc) is 3.30. The Bertz CT molecular complexity index is 404. The van der Waals surface area contributed by atoms with Gasteiger partial charge in [-0.25, -0.2) is 0 Å². The predicted molar refractivity (Wildman–Crippen MR) is 82.9 cm³/mol. The zero-order valence-electron chi connectivity index (χ0n) is 13.1. The molecule has 0 saturated heterocycles. The second-order valence-corrected chi connectivity index (χ2v) is 5.93. The third-order valence-electron chi connectivity index (χ3n) is 4.07. The van der Waals surface area contributed by atoms with E-state index in [-0.39, 0.29) is 0 Å². The number of pyridine rings is 1. The van der Waals surface area contributed by atoms with Crippen LogP contribution in [-0.4, -0.2) is 18.1 Å². The van der Waals surface area contributed by atoms with Gasteiger partial charge in [-0.3, -0.25) is 4.98 Å². The summed E-state index contributed by atoms with van der Waals surface area (Å²) in [5.41, 5.74) is 1.27. The molecule has 1 aliphatic rings. The van der Waals surface area contributed by atoms with E-state index in [9.17, 15) is 0 Å². The summed E-state index contributed by atoms with van der Waals surface area (Å²) in [6, 6.07) is 2.56. The molecule has 1 heterocycles. The minimum absolute atomic E-state index is 0.403. The van der Waals surface area contributed by atoms with E-state index in [2.05, 4.69) is 37.1 Å². The molecule has 0 amide bonds. The summed E-state index contributed by atoms with van der Waals surface area (Å²) in [6.07, 6.45) is 8.76. The molecule has 20 heavy (non-hydrogen) atoms. The second kappa shape index (κ2) is 7.63. The van der Waals surface area contributed by atoms with Crippen LogP contribution in [0.25, 0.3) is 0 Å². The van der Waals surface area contributed by atoms with E-state index >= 15 is 0 Å². The molecular weight excluding hydrogens is 248 g/mol. The fourth-order valence-corrected chi connectivity index (χ4v) is 2.71. The monoisotopic (exact) mass is 276 g/mol. The van der Waals surface area contributed by atoms with Gasteiger partial charge in [-0.1, -0.05) is 20.8 Å². The molecule has 0 bridgehead atoms. The maximum atomic E-state index is 5.72. The first-order valence-electron chi connectivity index (χ1n) is 8.07. The average molecular weight is 276 g/mol. The van der Waals surface area contributed by atoms with Crippen LogP contribution < -0.4 is 10.1 Å². The van der Waals surface area contributed by atoms with Crippen molar-refractivity contribution in [2.75, 3.05) is 13.2 Å². The molecule has 1 aliphatic carbocycles. The number of hydrogen-bond acceptors (Lipinski definition) is 3. The van der Waals surface area contributed by atoms with Gasteiger partial charge in [0.25, 0.3) is 0 Å². The lowest BCUT2D eigenvalue weighted by Gasteiger charge is -2.25. The molecule has 112 valence electrons. The first-order valence-corrected chi connectivity index (χ1v) is 8.07. The SMILES string of the molecule is CCCNC(c1cncc(OCCC)c1)C(C)C1CC1. The Morgan fingerprint density at radius 1 is 1.30 bits per heavy atom. The molecule has 2 atom stereocenters. The lowest BCUT2D eigenvalue weighted by molar-refractivity contribution is 0.312. The van der Waals surface area contributed by atoms with Crippen LogP contribution in [0.1, 0.15) is 58.1 Å². The van der Waals surface area contributed by atoms with Crippen LogP contribution in [0.4, 0.5) is 0 Å². The maximum Gasteiger partial charge on any atom is 0.137 e. The number of nitrogens with one attached hydrogen (secondary N) is 1. The fourth-order valence-electron chi connectivity index (χ4n) is 2.71. The summed E-state index contributed by atoms with van der Waals surface area (Å²) >= 11 is 0. The molecule has 1 fully saturated rings. The molecule has 1 aromatic heterocycles. The fraction of sp³-hybridized carbons (Fsp3) is 0.706. The molecule has 0 radical (unpaired) electrons. The van der Waals surface area contributed by atoms with Gasteiger partial charge in [0.1, 0.15) is 5.75 Å². The standard InChI is InChI=1S/C17H28N2O/c1-4-8-19-17(13(3)14-6-7-14)15-10-16(12-18-11-15)20-9-5-2/h10-14,17,19H,4-9H2,1-3H3. The van der Waals surface area contributed by atoms with Crippen LogP contribution in [0.5, 0.6) is 5.75 Å². The summed E-state index contributed by atoms with van der Waals surface area (Å²) in [4.78, 5) is 4.36. The summed E-state index contributed by atoms with van der Waals surface area (Å²) in [7, 11) is 0. The van der Waals surface area contributed by atoms with Gasteiger partial charge in [-0.15, -0.1) is 0 Å². The summed E-state index contributed by atoms with van der Waals surface area (Å²) < 4.78 is 5.72. The Labute approximate surface area is 123 Å². The second-order valence-electron chi connectivity index (χ2n) is 5.93. The van der Waals surface area contributed by atoms with Gasteiger partial charge in [0.2, 0.25) is 0 Å². The van der Waals surface area contributed by atoms with E-state index in [1.165, 1.54) is 18.4 Å². The van der Waals surface area contributed by atoms with Crippen LogP contribution in [0.2, 0.25) is 0 Å². The first kappa shape index (κ1) is 15.3. The third kappa shape index (κ3) is 4.20. The molecule has 0 spiro atoms. The highest BCUT2D eigenvalue weighted by Crippen LogP contribution is 2.42. The minimum atomic E-state index is 0.403. The Morgan fingerprint density at radius 2 is 2.10 bits per heavy atom. The summed E-state index contributed by atoms with van der Waals surface area (Å²) in [5.74, 6) is 2.45. The van der Waals surface area contributed by atoms with Crippen molar-refractivity contribution in [1.29, 1.82) is 0 Å². The first-order chi connectivity index (χ1) is 9.76. The minimum Gasteiger partial charge on any atom is -0.492 e. The van der Waals surface area contributed by atoms with Crippen LogP contribution in [-0.2, 0) is 0 Å². The number of aromatic nitrogens is 1. The van der Waals surface area contributed by atoms with Crippen molar-refractivity contribution < 1.29 is 4.74 Å². The Morgan fingerprint density at radius 3 is 2.75 bits per heavy atom. The highest BCUT2D eigenvalue weighted by molar-refractivity contribution is 5.26. The van der Waals surface area contributed by atoms with Gasteiger partial charge < -0.3 is 10.1 Å². The van der Waals surface area contributed by atoms with Crippen LogP contribution in [0.15, 0.2) is 18.5 Å². The van der Waals surface area contributed by atoms with E-state index < -0.39 is 0 Å². The van der Waals surface area contributed by atoms with Crippen LogP contribution in [0, 0.1) is 11.8 Å². The van der Waals surface area contributed by atoms with Gasteiger partial charge >= 0.3 is 0 Å². The summed E-state index contributed by atoms with van der Waals surface area (Å²) in [5, 5.41) is 3.69. The normalized spacial score (nSPS) is 17.8. The van der Waals surface area contributed by atoms with Crippen molar-refractivity contribution >= 4 is 0 Å². The highest BCUT2D eigenvalue weighted by atomic mass is 16.5. The molecule has 2 unspecified atom stereocenters. The van der Waals surface area contributed by atoms with Crippen molar-refractivity contribution in [3.63, 3.8) is 0 Å². The quantitative estimate of drug-likeness (QED) is 0.741. The lowest BCUT2D eigenvalue weighted by Crippen LogP contribution is -2.28.